The number of anilines is 1. The largest absolute Gasteiger partial charge is 0.396 e. The SMILES string of the molecule is CCN1CCCC1CN(C)CCn1cc(N)cn1. The first kappa shape index (κ1) is 13.4. The summed E-state index contributed by atoms with van der Waals surface area (Å²) in [4.78, 5) is 4.99. The van der Waals surface area contributed by atoms with E-state index in [2.05, 4.69) is 28.9 Å². The summed E-state index contributed by atoms with van der Waals surface area (Å²) in [5.41, 5.74) is 6.39. The molecule has 1 fully saturated rings. The highest BCUT2D eigenvalue weighted by molar-refractivity contribution is 5.30. The van der Waals surface area contributed by atoms with Gasteiger partial charge in [-0.2, -0.15) is 5.10 Å². The van der Waals surface area contributed by atoms with Crippen LogP contribution in [-0.4, -0.2) is 58.8 Å². The van der Waals surface area contributed by atoms with Crippen LogP contribution in [0.5, 0.6) is 0 Å². The molecule has 1 unspecified atom stereocenters. The van der Waals surface area contributed by atoms with Gasteiger partial charge in [-0.25, -0.2) is 0 Å². The molecule has 0 bridgehead atoms. The monoisotopic (exact) mass is 251 g/mol. The zero-order valence-electron chi connectivity index (χ0n) is 11.5. The molecule has 1 aromatic heterocycles. The van der Waals surface area contributed by atoms with Crippen LogP contribution >= 0.6 is 0 Å². The lowest BCUT2D eigenvalue weighted by Crippen LogP contribution is -2.39. The van der Waals surface area contributed by atoms with Crippen LogP contribution in [0.2, 0.25) is 0 Å². The zero-order valence-corrected chi connectivity index (χ0v) is 11.5. The van der Waals surface area contributed by atoms with E-state index in [0.717, 1.165) is 31.4 Å². The maximum atomic E-state index is 5.65. The fourth-order valence-corrected chi connectivity index (χ4v) is 2.74. The predicted octanol–water partition coefficient (Wildman–Crippen LogP) is 0.881. The van der Waals surface area contributed by atoms with Crippen molar-refractivity contribution >= 4 is 5.69 Å². The Labute approximate surface area is 110 Å². The third-order valence-electron chi connectivity index (χ3n) is 3.79. The van der Waals surface area contributed by atoms with Crippen molar-refractivity contribution in [2.75, 3.05) is 39.0 Å². The summed E-state index contributed by atoms with van der Waals surface area (Å²) < 4.78 is 1.91. The number of aromatic nitrogens is 2. The van der Waals surface area contributed by atoms with Crippen LogP contribution in [0.15, 0.2) is 12.4 Å². The third kappa shape index (κ3) is 3.46. The highest BCUT2D eigenvalue weighted by Crippen LogP contribution is 2.17. The molecule has 0 aromatic carbocycles. The van der Waals surface area contributed by atoms with Gasteiger partial charge >= 0.3 is 0 Å². The van der Waals surface area contributed by atoms with E-state index < -0.39 is 0 Å². The van der Waals surface area contributed by atoms with Gasteiger partial charge in [0.1, 0.15) is 0 Å². The second-order valence-electron chi connectivity index (χ2n) is 5.22. The summed E-state index contributed by atoms with van der Waals surface area (Å²) >= 11 is 0. The van der Waals surface area contributed by atoms with Gasteiger partial charge in [-0.05, 0) is 33.0 Å². The van der Waals surface area contributed by atoms with Crippen molar-refractivity contribution in [1.29, 1.82) is 0 Å². The van der Waals surface area contributed by atoms with Crippen molar-refractivity contribution in [3.63, 3.8) is 0 Å². The van der Waals surface area contributed by atoms with Crippen molar-refractivity contribution in [2.45, 2.75) is 32.4 Å². The summed E-state index contributed by atoms with van der Waals surface area (Å²) in [6, 6.07) is 0.739. The quantitative estimate of drug-likeness (QED) is 0.815. The number of nitrogen functional groups attached to an aromatic ring is 1. The molecular formula is C13H25N5. The third-order valence-corrected chi connectivity index (χ3v) is 3.79. The van der Waals surface area contributed by atoms with E-state index in [0.29, 0.717) is 0 Å². The van der Waals surface area contributed by atoms with Gasteiger partial charge in [0.05, 0.1) is 18.4 Å². The Morgan fingerprint density at radius 2 is 2.39 bits per heavy atom. The molecule has 2 rings (SSSR count). The molecule has 1 aliphatic heterocycles. The van der Waals surface area contributed by atoms with E-state index in [-0.39, 0.29) is 0 Å². The number of nitrogens with zero attached hydrogens (tertiary/aromatic N) is 4. The molecule has 1 saturated heterocycles. The van der Waals surface area contributed by atoms with Crippen LogP contribution in [0.4, 0.5) is 5.69 Å². The Balaban J connectivity index is 1.73. The van der Waals surface area contributed by atoms with E-state index in [1.165, 1.54) is 25.9 Å². The lowest BCUT2D eigenvalue weighted by Gasteiger charge is -2.27. The Morgan fingerprint density at radius 3 is 3.06 bits per heavy atom. The van der Waals surface area contributed by atoms with Crippen molar-refractivity contribution in [3.05, 3.63) is 12.4 Å². The molecule has 1 aliphatic rings. The summed E-state index contributed by atoms with van der Waals surface area (Å²) in [7, 11) is 2.19. The molecule has 5 heteroatoms. The molecule has 1 atom stereocenters. The second kappa shape index (κ2) is 6.20. The van der Waals surface area contributed by atoms with Crippen molar-refractivity contribution in [1.82, 2.24) is 19.6 Å². The van der Waals surface area contributed by atoms with Gasteiger partial charge in [-0.3, -0.25) is 9.58 Å². The van der Waals surface area contributed by atoms with E-state index in [4.69, 9.17) is 5.73 Å². The van der Waals surface area contributed by atoms with Crippen LogP contribution in [0.1, 0.15) is 19.8 Å². The van der Waals surface area contributed by atoms with Crippen LogP contribution < -0.4 is 5.73 Å². The molecule has 2 heterocycles. The van der Waals surface area contributed by atoms with E-state index >= 15 is 0 Å². The van der Waals surface area contributed by atoms with E-state index in [1.807, 2.05) is 10.9 Å². The molecule has 0 amide bonds. The molecule has 18 heavy (non-hydrogen) atoms. The first-order valence-electron chi connectivity index (χ1n) is 6.89. The fourth-order valence-electron chi connectivity index (χ4n) is 2.74. The zero-order chi connectivity index (χ0) is 13.0. The Hall–Kier alpha value is -1.07. The Bertz CT molecular complexity index is 362. The molecule has 102 valence electrons. The van der Waals surface area contributed by atoms with Crippen LogP contribution in [-0.2, 0) is 6.54 Å². The standard InChI is InChI=1S/C13H25N5/c1-3-17-6-4-5-13(17)11-16(2)7-8-18-10-12(14)9-15-18/h9-10,13H,3-8,11,14H2,1-2H3. The van der Waals surface area contributed by atoms with Gasteiger partial charge in [0.2, 0.25) is 0 Å². The molecule has 0 aliphatic carbocycles. The fraction of sp³-hybridized carbons (Fsp3) is 0.769. The lowest BCUT2D eigenvalue weighted by molar-refractivity contribution is 0.194. The van der Waals surface area contributed by atoms with E-state index in [1.54, 1.807) is 6.20 Å². The van der Waals surface area contributed by atoms with Crippen LogP contribution in [0, 0.1) is 0 Å². The topological polar surface area (TPSA) is 50.3 Å². The summed E-state index contributed by atoms with van der Waals surface area (Å²) in [5, 5.41) is 4.21. The second-order valence-corrected chi connectivity index (χ2v) is 5.22. The van der Waals surface area contributed by atoms with Crippen molar-refractivity contribution in [3.8, 4) is 0 Å². The molecule has 1 aromatic rings. The first-order valence-corrected chi connectivity index (χ1v) is 6.89. The molecular weight excluding hydrogens is 226 g/mol. The maximum absolute atomic E-state index is 5.65. The molecule has 5 nitrogen and oxygen atoms in total. The Morgan fingerprint density at radius 1 is 1.56 bits per heavy atom. The minimum Gasteiger partial charge on any atom is -0.396 e. The van der Waals surface area contributed by atoms with Crippen LogP contribution in [0.3, 0.4) is 0 Å². The first-order chi connectivity index (χ1) is 8.69. The lowest BCUT2D eigenvalue weighted by atomic mass is 10.2. The van der Waals surface area contributed by atoms with Gasteiger partial charge in [-0.1, -0.05) is 6.92 Å². The predicted molar refractivity (Wildman–Crippen MR) is 74.4 cm³/mol. The number of hydrogen-bond donors (Lipinski definition) is 1. The minimum atomic E-state index is 0.739. The highest BCUT2D eigenvalue weighted by Gasteiger charge is 2.23. The minimum absolute atomic E-state index is 0.739. The average Bonchev–Trinajstić information content (AvgIpc) is 2.95. The van der Waals surface area contributed by atoms with E-state index in [9.17, 15) is 0 Å². The molecule has 0 spiro atoms. The molecule has 2 N–H and O–H groups in total. The smallest absolute Gasteiger partial charge is 0.0719 e. The number of likely N-dealkylation sites (N-methyl/N-ethyl adjacent to an activating group) is 2. The van der Waals surface area contributed by atoms with Gasteiger partial charge in [0.25, 0.3) is 0 Å². The highest BCUT2D eigenvalue weighted by atomic mass is 15.3. The number of rotatable bonds is 6. The van der Waals surface area contributed by atoms with Gasteiger partial charge in [-0.15, -0.1) is 0 Å². The summed E-state index contributed by atoms with van der Waals surface area (Å²) in [5.74, 6) is 0. The summed E-state index contributed by atoms with van der Waals surface area (Å²) in [6.07, 6.45) is 6.28. The average molecular weight is 251 g/mol. The van der Waals surface area contributed by atoms with Gasteiger partial charge in [0.15, 0.2) is 0 Å². The number of likely N-dealkylation sites (tertiary alicyclic amines) is 1. The van der Waals surface area contributed by atoms with Gasteiger partial charge in [0, 0.05) is 25.3 Å². The summed E-state index contributed by atoms with van der Waals surface area (Å²) in [6.45, 7) is 7.79. The normalized spacial score (nSPS) is 20.9. The number of nitrogens with two attached hydrogens (primary N) is 1. The molecule has 0 radical (unpaired) electrons. The van der Waals surface area contributed by atoms with Crippen molar-refractivity contribution in [2.24, 2.45) is 0 Å². The maximum Gasteiger partial charge on any atom is 0.0719 e. The Kier molecular flexibility index (Phi) is 4.60. The number of hydrogen-bond acceptors (Lipinski definition) is 4. The van der Waals surface area contributed by atoms with Crippen molar-refractivity contribution < 1.29 is 0 Å². The van der Waals surface area contributed by atoms with Gasteiger partial charge < -0.3 is 10.6 Å². The molecule has 0 saturated carbocycles. The van der Waals surface area contributed by atoms with Crippen LogP contribution in [0.25, 0.3) is 0 Å².